The lowest BCUT2D eigenvalue weighted by Gasteiger charge is -2.32. The van der Waals surface area contributed by atoms with Crippen molar-refractivity contribution in [1.29, 1.82) is 0 Å². The second-order valence-electron chi connectivity index (χ2n) is 5.98. The topological polar surface area (TPSA) is 97.9 Å². The molecule has 2 aromatic heterocycles. The summed E-state index contributed by atoms with van der Waals surface area (Å²) in [6.45, 7) is 4.82. The molecule has 3 aromatic rings. The van der Waals surface area contributed by atoms with Gasteiger partial charge in [0.25, 0.3) is 0 Å². The van der Waals surface area contributed by atoms with Gasteiger partial charge in [-0.3, -0.25) is 4.90 Å². The summed E-state index contributed by atoms with van der Waals surface area (Å²) in [5, 5.41) is 9.05. The number of nitrogens with one attached hydrogen (secondary N) is 2. The average Bonchev–Trinajstić information content (AvgIpc) is 3.32. The van der Waals surface area contributed by atoms with E-state index in [2.05, 4.69) is 38.7 Å². The van der Waals surface area contributed by atoms with Gasteiger partial charge < -0.3 is 15.1 Å². The molecule has 0 aliphatic rings. The molecule has 0 aliphatic carbocycles. The number of hydrogen-bond donors (Lipinski definition) is 3. The van der Waals surface area contributed by atoms with Gasteiger partial charge in [0, 0.05) is 31.3 Å². The van der Waals surface area contributed by atoms with E-state index in [0.29, 0.717) is 6.54 Å². The summed E-state index contributed by atoms with van der Waals surface area (Å²) in [5.41, 5.74) is 1.32. The van der Waals surface area contributed by atoms with E-state index < -0.39 is 5.97 Å². The van der Waals surface area contributed by atoms with Crippen molar-refractivity contribution in [3.63, 3.8) is 0 Å². The second kappa shape index (κ2) is 7.31. The number of aromatic amines is 2. The van der Waals surface area contributed by atoms with Crippen molar-refractivity contribution in [2.45, 2.75) is 32.5 Å². The number of carboxylic acid groups (broad SMARTS) is 1. The lowest BCUT2D eigenvalue weighted by molar-refractivity contribution is 0.0697. The van der Waals surface area contributed by atoms with Gasteiger partial charge in [0.15, 0.2) is 0 Å². The molecule has 0 radical (unpaired) electrons. The van der Waals surface area contributed by atoms with E-state index in [1.807, 2.05) is 24.5 Å². The minimum absolute atomic E-state index is 0.0363. The van der Waals surface area contributed by atoms with Gasteiger partial charge in [0.2, 0.25) is 0 Å². The molecule has 3 N–H and O–H groups in total. The third kappa shape index (κ3) is 3.77. The third-order valence-corrected chi connectivity index (χ3v) is 4.39. The molecule has 0 saturated carbocycles. The number of hydrogen-bond acceptors (Lipinski definition) is 4. The molecule has 25 heavy (non-hydrogen) atoms. The zero-order chi connectivity index (χ0) is 17.8. The minimum atomic E-state index is -0.920. The van der Waals surface area contributed by atoms with Crippen LogP contribution in [0.1, 0.15) is 53.5 Å². The number of aromatic nitrogens is 4. The van der Waals surface area contributed by atoms with Crippen molar-refractivity contribution in [2.24, 2.45) is 0 Å². The summed E-state index contributed by atoms with van der Waals surface area (Å²) in [5.74, 6) is 0.831. The number of H-pyrrole nitrogens is 2. The summed E-state index contributed by atoms with van der Waals surface area (Å²) in [6.07, 6.45) is 7.10. The Morgan fingerprint density at radius 2 is 1.56 bits per heavy atom. The maximum atomic E-state index is 11.0. The molecule has 0 amide bonds. The standard InChI is InChI=1S/C18H21N5O2/c1-12(16-19-7-8-20-16)23(13(2)17-21-9-10-22-17)11-14-3-5-15(6-4-14)18(24)25/h3-10,12-13H,11H2,1-2H3,(H,19,20)(H,21,22)(H,24,25). The van der Waals surface area contributed by atoms with Crippen molar-refractivity contribution in [2.75, 3.05) is 0 Å². The van der Waals surface area contributed by atoms with Crippen molar-refractivity contribution in [1.82, 2.24) is 24.8 Å². The molecule has 2 unspecified atom stereocenters. The minimum Gasteiger partial charge on any atom is -0.478 e. The first kappa shape index (κ1) is 16.9. The summed E-state index contributed by atoms with van der Waals surface area (Å²) in [4.78, 5) is 28.4. The predicted octanol–water partition coefficient (Wildman–Crippen LogP) is 3.16. The Morgan fingerprint density at radius 3 is 1.96 bits per heavy atom. The number of benzene rings is 1. The summed E-state index contributed by atoms with van der Waals surface area (Å²) in [7, 11) is 0. The number of carboxylic acids is 1. The zero-order valence-electron chi connectivity index (χ0n) is 14.2. The van der Waals surface area contributed by atoms with Crippen molar-refractivity contribution >= 4 is 5.97 Å². The van der Waals surface area contributed by atoms with Crippen LogP contribution in [0, 0.1) is 0 Å². The maximum Gasteiger partial charge on any atom is 0.335 e. The van der Waals surface area contributed by atoms with E-state index >= 15 is 0 Å². The maximum absolute atomic E-state index is 11.0. The zero-order valence-corrected chi connectivity index (χ0v) is 14.2. The monoisotopic (exact) mass is 339 g/mol. The van der Waals surface area contributed by atoms with Crippen LogP contribution >= 0.6 is 0 Å². The molecule has 0 fully saturated rings. The van der Waals surface area contributed by atoms with Crippen LogP contribution in [0.4, 0.5) is 0 Å². The van der Waals surface area contributed by atoms with Crippen LogP contribution in [0.3, 0.4) is 0 Å². The Balaban J connectivity index is 1.86. The predicted molar refractivity (Wildman–Crippen MR) is 92.9 cm³/mol. The lowest BCUT2D eigenvalue weighted by atomic mass is 10.1. The van der Waals surface area contributed by atoms with Crippen LogP contribution < -0.4 is 0 Å². The first-order chi connectivity index (χ1) is 12.1. The van der Waals surface area contributed by atoms with Crippen LogP contribution in [0.25, 0.3) is 0 Å². The van der Waals surface area contributed by atoms with Gasteiger partial charge in [-0.1, -0.05) is 12.1 Å². The van der Waals surface area contributed by atoms with Crippen molar-refractivity contribution in [3.05, 3.63) is 71.8 Å². The number of aromatic carboxylic acids is 1. The summed E-state index contributed by atoms with van der Waals surface area (Å²) < 4.78 is 0. The number of carbonyl (C=O) groups is 1. The molecular formula is C18H21N5O2. The fraction of sp³-hybridized carbons (Fsp3) is 0.278. The summed E-state index contributed by atoms with van der Waals surface area (Å²) in [6, 6.07) is 7.03. The van der Waals surface area contributed by atoms with Gasteiger partial charge in [0.05, 0.1) is 17.6 Å². The highest BCUT2D eigenvalue weighted by molar-refractivity contribution is 5.87. The molecule has 1 aromatic carbocycles. The van der Waals surface area contributed by atoms with E-state index in [0.717, 1.165) is 17.2 Å². The first-order valence-electron chi connectivity index (χ1n) is 8.12. The highest BCUT2D eigenvalue weighted by atomic mass is 16.4. The highest BCUT2D eigenvalue weighted by Crippen LogP contribution is 2.29. The number of nitrogens with zero attached hydrogens (tertiary/aromatic N) is 3. The third-order valence-electron chi connectivity index (χ3n) is 4.39. The Bertz CT molecular complexity index is 756. The molecular weight excluding hydrogens is 318 g/mol. The normalized spacial score (nSPS) is 13.7. The van der Waals surface area contributed by atoms with Crippen LogP contribution in [-0.4, -0.2) is 35.9 Å². The molecule has 0 saturated heterocycles. The average molecular weight is 339 g/mol. The Kier molecular flexibility index (Phi) is 4.95. The van der Waals surface area contributed by atoms with Crippen molar-refractivity contribution in [3.8, 4) is 0 Å². The lowest BCUT2D eigenvalue weighted by Crippen LogP contribution is -2.31. The van der Waals surface area contributed by atoms with Crippen LogP contribution in [0.5, 0.6) is 0 Å². The molecule has 7 heteroatoms. The molecule has 7 nitrogen and oxygen atoms in total. The van der Waals surface area contributed by atoms with Gasteiger partial charge in [-0.25, -0.2) is 14.8 Å². The van der Waals surface area contributed by atoms with Crippen LogP contribution in [-0.2, 0) is 6.54 Å². The fourth-order valence-corrected chi connectivity index (χ4v) is 2.90. The molecule has 0 aliphatic heterocycles. The van der Waals surface area contributed by atoms with E-state index in [9.17, 15) is 4.79 Å². The molecule has 130 valence electrons. The molecule has 0 bridgehead atoms. The summed E-state index contributed by atoms with van der Waals surface area (Å²) >= 11 is 0. The van der Waals surface area contributed by atoms with E-state index in [-0.39, 0.29) is 17.6 Å². The molecule has 2 atom stereocenters. The Hall–Kier alpha value is -2.93. The van der Waals surface area contributed by atoms with Crippen LogP contribution in [0.15, 0.2) is 49.1 Å². The number of rotatable bonds is 7. The first-order valence-corrected chi connectivity index (χ1v) is 8.12. The molecule has 2 heterocycles. The number of imidazole rings is 2. The Labute approximate surface area is 145 Å². The highest BCUT2D eigenvalue weighted by Gasteiger charge is 2.25. The van der Waals surface area contributed by atoms with Crippen LogP contribution in [0.2, 0.25) is 0 Å². The van der Waals surface area contributed by atoms with Gasteiger partial charge >= 0.3 is 5.97 Å². The van der Waals surface area contributed by atoms with Gasteiger partial charge in [0.1, 0.15) is 11.6 Å². The Morgan fingerprint density at radius 1 is 1.04 bits per heavy atom. The molecule has 0 spiro atoms. The fourth-order valence-electron chi connectivity index (χ4n) is 2.90. The molecule has 3 rings (SSSR count). The van der Waals surface area contributed by atoms with E-state index in [4.69, 9.17) is 5.11 Å². The van der Waals surface area contributed by atoms with Gasteiger partial charge in [-0.2, -0.15) is 0 Å². The van der Waals surface area contributed by atoms with E-state index in [1.165, 1.54) is 0 Å². The van der Waals surface area contributed by atoms with Gasteiger partial charge in [-0.15, -0.1) is 0 Å². The largest absolute Gasteiger partial charge is 0.478 e. The van der Waals surface area contributed by atoms with Crippen molar-refractivity contribution < 1.29 is 9.90 Å². The smallest absolute Gasteiger partial charge is 0.335 e. The van der Waals surface area contributed by atoms with E-state index in [1.54, 1.807) is 24.5 Å². The second-order valence-corrected chi connectivity index (χ2v) is 5.98. The quantitative estimate of drug-likeness (QED) is 0.614. The SMILES string of the molecule is CC(c1ncc[nH]1)N(Cc1ccc(C(=O)O)cc1)C(C)c1ncc[nH]1. The van der Waals surface area contributed by atoms with Gasteiger partial charge in [-0.05, 0) is 31.5 Å².